The standard InChI is InChI=1S/C19H21N5O4/c1-3-12-14(25)15(27-2)19(28-12)24-10-22-13-16(20-9-21-17(13)24)23-18(26)11-7-5-4-6-8-11/h4-10,12,14-15,19,25H,3H2,1-2H3,(H,20,21,23,26)/t12-,14?,15+,19-/m1/s1/i3D2. The maximum atomic E-state index is 12.5. The van der Waals surface area contributed by atoms with E-state index in [-0.39, 0.29) is 11.7 Å². The van der Waals surface area contributed by atoms with E-state index in [0.29, 0.717) is 16.7 Å². The predicted octanol–water partition coefficient (Wildman–Crippen LogP) is 1.76. The molecule has 28 heavy (non-hydrogen) atoms. The van der Waals surface area contributed by atoms with Crippen molar-refractivity contribution in [3.05, 3.63) is 48.5 Å². The van der Waals surface area contributed by atoms with Crippen molar-refractivity contribution >= 4 is 22.9 Å². The first kappa shape index (κ1) is 16.1. The number of hydrogen-bond donors (Lipinski definition) is 2. The van der Waals surface area contributed by atoms with Crippen LogP contribution in [0.15, 0.2) is 43.0 Å². The fraction of sp³-hybridized carbons (Fsp3) is 0.368. The smallest absolute Gasteiger partial charge is 0.256 e. The minimum Gasteiger partial charge on any atom is -0.388 e. The van der Waals surface area contributed by atoms with Crippen LogP contribution < -0.4 is 5.32 Å². The van der Waals surface area contributed by atoms with Gasteiger partial charge < -0.3 is 19.9 Å². The molecule has 0 aliphatic carbocycles. The Bertz CT molecular complexity index is 1060. The third-order valence-corrected chi connectivity index (χ3v) is 4.67. The Morgan fingerprint density at radius 1 is 1.36 bits per heavy atom. The van der Waals surface area contributed by atoms with Crippen LogP contribution in [-0.2, 0) is 9.47 Å². The summed E-state index contributed by atoms with van der Waals surface area (Å²) in [6.45, 7) is 1.33. The summed E-state index contributed by atoms with van der Waals surface area (Å²) in [6, 6.07) is 8.70. The van der Waals surface area contributed by atoms with Crippen LogP contribution in [0.4, 0.5) is 5.82 Å². The lowest BCUT2D eigenvalue weighted by molar-refractivity contribution is -0.0497. The van der Waals surface area contributed by atoms with Gasteiger partial charge in [-0.05, 0) is 18.5 Å². The zero-order valence-electron chi connectivity index (χ0n) is 17.3. The number of benzene rings is 1. The SMILES string of the molecule is [2H]C([2H])(C)[C@H]1O[C@@H](n2cnc3c(NC(=O)c4ccccc4)ncnc32)[C@@H](OC)C1O. The van der Waals surface area contributed by atoms with E-state index >= 15 is 0 Å². The fourth-order valence-corrected chi connectivity index (χ4v) is 3.27. The molecule has 3 aromatic rings. The van der Waals surface area contributed by atoms with Gasteiger partial charge in [0.05, 0.1) is 12.4 Å². The molecule has 0 spiro atoms. The number of ether oxygens (including phenoxy) is 2. The molecule has 0 bridgehead atoms. The molecule has 1 aliphatic heterocycles. The van der Waals surface area contributed by atoms with Gasteiger partial charge >= 0.3 is 0 Å². The van der Waals surface area contributed by atoms with Crippen molar-refractivity contribution in [3.63, 3.8) is 0 Å². The Kier molecular flexibility index (Phi) is 4.39. The van der Waals surface area contributed by atoms with E-state index in [1.165, 1.54) is 31.3 Å². The van der Waals surface area contributed by atoms with Gasteiger partial charge in [-0.25, -0.2) is 15.0 Å². The minimum atomic E-state index is -1.79. The summed E-state index contributed by atoms with van der Waals surface area (Å²) < 4.78 is 28.6. The molecule has 146 valence electrons. The number of rotatable bonds is 5. The molecule has 1 fully saturated rings. The summed E-state index contributed by atoms with van der Waals surface area (Å²) in [6.07, 6.45) is -3.03. The number of anilines is 1. The average molecular weight is 385 g/mol. The predicted molar refractivity (Wildman–Crippen MR) is 101 cm³/mol. The molecule has 9 nitrogen and oxygen atoms in total. The summed E-state index contributed by atoms with van der Waals surface area (Å²) >= 11 is 0. The third-order valence-electron chi connectivity index (χ3n) is 4.67. The number of imidazole rings is 1. The molecule has 4 atom stereocenters. The molecule has 1 amide bonds. The number of nitrogens with zero attached hydrogens (tertiary/aromatic N) is 4. The normalized spacial score (nSPS) is 26.1. The Morgan fingerprint density at radius 2 is 2.14 bits per heavy atom. The van der Waals surface area contributed by atoms with Gasteiger partial charge in [0.25, 0.3) is 5.91 Å². The van der Waals surface area contributed by atoms with Gasteiger partial charge in [-0.2, -0.15) is 0 Å². The second-order valence-corrected chi connectivity index (χ2v) is 6.29. The Labute approximate surface area is 164 Å². The van der Waals surface area contributed by atoms with Gasteiger partial charge in [0, 0.05) is 15.4 Å². The van der Waals surface area contributed by atoms with Crippen LogP contribution in [0.3, 0.4) is 0 Å². The van der Waals surface area contributed by atoms with E-state index < -0.39 is 30.9 Å². The van der Waals surface area contributed by atoms with E-state index in [2.05, 4.69) is 20.3 Å². The molecule has 4 rings (SSSR count). The number of carbonyl (C=O) groups excluding carboxylic acids is 1. The van der Waals surface area contributed by atoms with E-state index in [0.717, 1.165) is 0 Å². The number of aliphatic hydroxyl groups is 1. The van der Waals surface area contributed by atoms with Gasteiger partial charge in [0.15, 0.2) is 23.2 Å². The van der Waals surface area contributed by atoms with Crippen LogP contribution in [0.25, 0.3) is 11.2 Å². The summed E-state index contributed by atoms with van der Waals surface area (Å²) in [7, 11) is 1.41. The number of amides is 1. The van der Waals surface area contributed by atoms with Crippen molar-refractivity contribution in [2.75, 3.05) is 12.4 Å². The quantitative estimate of drug-likeness (QED) is 0.688. The summed E-state index contributed by atoms with van der Waals surface area (Å²) in [5.74, 6) is -0.116. The molecule has 2 N–H and O–H groups in total. The average Bonchev–Trinajstić information content (AvgIpc) is 3.29. The highest BCUT2D eigenvalue weighted by molar-refractivity contribution is 6.06. The molecule has 0 saturated carbocycles. The van der Waals surface area contributed by atoms with Gasteiger partial charge in [-0.15, -0.1) is 0 Å². The van der Waals surface area contributed by atoms with Crippen molar-refractivity contribution in [1.29, 1.82) is 0 Å². The molecule has 0 radical (unpaired) electrons. The highest BCUT2D eigenvalue weighted by Crippen LogP contribution is 2.34. The van der Waals surface area contributed by atoms with Gasteiger partial charge in [-0.1, -0.05) is 25.1 Å². The molecular formula is C19H21N5O4. The second kappa shape index (κ2) is 7.63. The maximum absolute atomic E-state index is 12.5. The number of nitrogens with one attached hydrogen (secondary N) is 1. The number of carbonyl (C=O) groups is 1. The third kappa shape index (κ3) is 3.13. The molecule has 1 aliphatic rings. The monoisotopic (exact) mass is 385 g/mol. The second-order valence-electron chi connectivity index (χ2n) is 6.29. The molecule has 2 aromatic heterocycles. The van der Waals surface area contributed by atoms with E-state index in [1.807, 2.05) is 6.07 Å². The first-order valence-electron chi connectivity index (χ1n) is 9.71. The minimum absolute atomic E-state index is 0.225. The van der Waals surface area contributed by atoms with Crippen molar-refractivity contribution in [1.82, 2.24) is 19.5 Å². The Hall–Kier alpha value is -2.88. The topological polar surface area (TPSA) is 111 Å². The van der Waals surface area contributed by atoms with E-state index in [9.17, 15) is 9.90 Å². The summed E-state index contributed by atoms with van der Waals surface area (Å²) in [5, 5.41) is 13.2. The Morgan fingerprint density at radius 3 is 2.86 bits per heavy atom. The van der Waals surface area contributed by atoms with Crippen molar-refractivity contribution in [2.45, 2.75) is 37.8 Å². The largest absolute Gasteiger partial charge is 0.388 e. The molecule has 1 saturated heterocycles. The lowest BCUT2D eigenvalue weighted by Crippen LogP contribution is -2.33. The van der Waals surface area contributed by atoms with Crippen molar-refractivity contribution < 1.29 is 22.1 Å². The van der Waals surface area contributed by atoms with Crippen LogP contribution in [0.5, 0.6) is 0 Å². The number of hydrogen-bond acceptors (Lipinski definition) is 7. The van der Waals surface area contributed by atoms with Crippen LogP contribution in [0.1, 0.15) is 32.6 Å². The molecular weight excluding hydrogens is 362 g/mol. The molecule has 1 aromatic carbocycles. The van der Waals surface area contributed by atoms with E-state index in [1.54, 1.807) is 24.3 Å². The number of methoxy groups -OCH3 is 1. The van der Waals surface area contributed by atoms with Gasteiger partial charge in [0.2, 0.25) is 0 Å². The zero-order valence-corrected chi connectivity index (χ0v) is 15.3. The highest BCUT2D eigenvalue weighted by Gasteiger charge is 2.44. The van der Waals surface area contributed by atoms with Crippen molar-refractivity contribution in [2.24, 2.45) is 0 Å². The first-order valence-corrected chi connectivity index (χ1v) is 8.71. The van der Waals surface area contributed by atoms with E-state index in [4.69, 9.17) is 12.2 Å². The first-order chi connectivity index (χ1) is 14.3. The highest BCUT2D eigenvalue weighted by atomic mass is 16.6. The summed E-state index contributed by atoms with van der Waals surface area (Å²) in [4.78, 5) is 25.1. The number of fused-ring (bicyclic) bond motifs is 1. The summed E-state index contributed by atoms with van der Waals surface area (Å²) in [5.41, 5.74) is 1.15. The van der Waals surface area contributed by atoms with Gasteiger partial charge in [0.1, 0.15) is 18.5 Å². The van der Waals surface area contributed by atoms with Gasteiger partial charge in [-0.3, -0.25) is 9.36 Å². The maximum Gasteiger partial charge on any atom is 0.256 e. The zero-order chi connectivity index (χ0) is 21.5. The van der Waals surface area contributed by atoms with Crippen LogP contribution in [0, 0.1) is 0 Å². The fourth-order valence-electron chi connectivity index (χ4n) is 3.27. The lowest BCUT2D eigenvalue weighted by atomic mass is 10.1. The molecule has 3 heterocycles. The van der Waals surface area contributed by atoms with Crippen LogP contribution in [-0.4, -0.2) is 56.0 Å². The van der Waals surface area contributed by atoms with Crippen molar-refractivity contribution in [3.8, 4) is 0 Å². The number of aromatic nitrogens is 4. The van der Waals surface area contributed by atoms with Crippen LogP contribution >= 0.6 is 0 Å². The lowest BCUT2D eigenvalue weighted by Gasteiger charge is -2.19. The van der Waals surface area contributed by atoms with Crippen LogP contribution in [0.2, 0.25) is 0 Å². The molecule has 1 unspecified atom stereocenters. The number of aliphatic hydroxyl groups excluding tert-OH is 1. The Balaban J connectivity index is 1.67. The molecule has 9 heteroatoms.